The van der Waals surface area contributed by atoms with Crippen LogP contribution in [-0.2, 0) is 13.1 Å². The SMILES string of the molecule is CN=C(NCc1ccc2cc(OC)ccc2c1)NCc1sc(C)nc1C.I. The van der Waals surface area contributed by atoms with E-state index >= 15 is 0 Å². The first-order valence-electron chi connectivity index (χ1n) is 8.53. The van der Waals surface area contributed by atoms with Crippen LogP contribution in [-0.4, -0.2) is 25.1 Å². The number of benzene rings is 2. The number of nitrogens with one attached hydrogen (secondary N) is 2. The molecule has 2 aromatic carbocycles. The maximum Gasteiger partial charge on any atom is 0.191 e. The van der Waals surface area contributed by atoms with Gasteiger partial charge in [-0.2, -0.15) is 0 Å². The van der Waals surface area contributed by atoms with E-state index in [0.29, 0.717) is 6.54 Å². The van der Waals surface area contributed by atoms with Crippen LogP contribution in [0, 0.1) is 13.8 Å². The Morgan fingerprint density at radius 3 is 2.44 bits per heavy atom. The van der Waals surface area contributed by atoms with E-state index in [1.807, 2.05) is 26.0 Å². The molecule has 0 unspecified atom stereocenters. The van der Waals surface area contributed by atoms with Crippen LogP contribution in [0.4, 0.5) is 0 Å². The van der Waals surface area contributed by atoms with Gasteiger partial charge in [-0.15, -0.1) is 35.3 Å². The van der Waals surface area contributed by atoms with E-state index in [1.165, 1.54) is 21.2 Å². The summed E-state index contributed by atoms with van der Waals surface area (Å²) in [6.07, 6.45) is 0. The Kier molecular flexibility index (Phi) is 7.85. The van der Waals surface area contributed by atoms with Gasteiger partial charge < -0.3 is 15.4 Å². The monoisotopic (exact) mass is 496 g/mol. The molecule has 0 aliphatic heterocycles. The molecule has 0 saturated carbocycles. The average molecular weight is 496 g/mol. The van der Waals surface area contributed by atoms with Gasteiger partial charge in [-0.25, -0.2) is 4.98 Å². The standard InChI is InChI=1S/C20H24N4OS.HI/c1-13-19(26-14(2)24-13)12-23-20(21-3)22-11-15-5-6-17-10-18(25-4)8-7-16(17)9-15;/h5-10H,11-12H2,1-4H3,(H2,21,22,23);1H. The molecule has 0 atom stereocenters. The van der Waals surface area contributed by atoms with E-state index in [4.69, 9.17) is 4.74 Å². The Morgan fingerprint density at radius 2 is 1.78 bits per heavy atom. The number of ether oxygens (including phenoxy) is 1. The highest BCUT2D eigenvalue weighted by Crippen LogP contribution is 2.22. The van der Waals surface area contributed by atoms with Gasteiger partial charge in [0.05, 0.1) is 24.4 Å². The zero-order valence-electron chi connectivity index (χ0n) is 16.0. The number of methoxy groups -OCH3 is 1. The molecule has 144 valence electrons. The molecule has 0 bridgehead atoms. The molecule has 0 aliphatic rings. The zero-order chi connectivity index (χ0) is 18.5. The highest BCUT2D eigenvalue weighted by Gasteiger charge is 2.06. The normalized spacial score (nSPS) is 11.2. The number of halogens is 1. The summed E-state index contributed by atoms with van der Waals surface area (Å²) in [6.45, 7) is 5.52. The fraction of sp³-hybridized carbons (Fsp3) is 0.300. The van der Waals surface area contributed by atoms with Crippen molar-refractivity contribution < 1.29 is 4.74 Å². The molecule has 5 nitrogen and oxygen atoms in total. The van der Waals surface area contributed by atoms with Crippen molar-refractivity contribution in [3.63, 3.8) is 0 Å². The number of thiazole rings is 1. The summed E-state index contributed by atoms with van der Waals surface area (Å²) in [7, 11) is 3.47. The van der Waals surface area contributed by atoms with Crippen LogP contribution < -0.4 is 15.4 Å². The fourth-order valence-corrected chi connectivity index (χ4v) is 3.69. The van der Waals surface area contributed by atoms with Crippen LogP contribution in [0.15, 0.2) is 41.4 Å². The van der Waals surface area contributed by atoms with Gasteiger partial charge in [0.1, 0.15) is 5.75 Å². The third-order valence-corrected chi connectivity index (χ3v) is 5.28. The summed E-state index contributed by atoms with van der Waals surface area (Å²) < 4.78 is 5.28. The van der Waals surface area contributed by atoms with Gasteiger partial charge in [0.15, 0.2) is 5.96 Å². The van der Waals surface area contributed by atoms with Crippen molar-refractivity contribution in [2.75, 3.05) is 14.2 Å². The van der Waals surface area contributed by atoms with Crippen LogP contribution in [0.3, 0.4) is 0 Å². The van der Waals surface area contributed by atoms with Crippen molar-refractivity contribution in [1.82, 2.24) is 15.6 Å². The van der Waals surface area contributed by atoms with Crippen molar-refractivity contribution >= 4 is 52.0 Å². The summed E-state index contributed by atoms with van der Waals surface area (Å²) in [4.78, 5) is 10.0. The number of aromatic nitrogens is 1. The largest absolute Gasteiger partial charge is 0.497 e. The Balaban J connectivity index is 0.00000261. The first-order chi connectivity index (χ1) is 12.6. The number of hydrogen-bond donors (Lipinski definition) is 2. The number of nitrogens with zero attached hydrogens (tertiary/aromatic N) is 2. The Labute approximate surface area is 181 Å². The second-order valence-corrected chi connectivity index (χ2v) is 7.36. The third-order valence-electron chi connectivity index (χ3n) is 4.21. The third kappa shape index (κ3) is 5.55. The molecule has 27 heavy (non-hydrogen) atoms. The number of guanidine groups is 1. The summed E-state index contributed by atoms with van der Waals surface area (Å²) in [5.74, 6) is 1.66. The lowest BCUT2D eigenvalue weighted by Gasteiger charge is -2.12. The second-order valence-electron chi connectivity index (χ2n) is 6.07. The molecule has 0 radical (unpaired) electrons. The highest BCUT2D eigenvalue weighted by molar-refractivity contribution is 14.0. The lowest BCUT2D eigenvalue weighted by atomic mass is 10.1. The first-order valence-corrected chi connectivity index (χ1v) is 9.35. The van der Waals surface area contributed by atoms with Crippen LogP contribution in [0.5, 0.6) is 5.75 Å². The number of fused-ring (bicyclic) bond motifs is 1. The molecule has 2 N–H and O–H groups in total. The molecule has 0 fully saturated rings. The average Bonchev–Trinajstić information content (AvgIpc) is 2.98. The van der Waals surface area contributed by atoms with E-state index in [-0.39, 0.29) is 24.0 Å². The van der Waals surface area contributed by atoms with E-state index in [2.05, 4.69) is 44.9 Å². The molecule has 0 aliphatic carbocycles. The van der Waals surface area contributed by atoms with Crippen molar-refractivity contribution in [2.45, 2.75) is 26.9 Å². The highest BCUT2D eigenvalue weighted by atomic mass is 127. The quantitative estimate of drug-likeness (QED) is 0.312. The van der Waals surface area contributed by atoms with Gasteiger partial charge in [0, 0.05) is 18.5 Å². The smallest absolute Gasteiger partial charge is 0.191 e. The Morgan fingerprint density at radius 1 is 1.07 bits per heavy atom. The van der Waals surface area contributed by atoms with Gasteiger partial charge in [-0.3, -0.25) is 4.99 Å². The van der Waals surface area contributed by atoms with E-state index in [1.54, 1.807) is 25.5 Å². The minimum absolute atomic E-state index is 0. The maximum atomic E-state index is 5.28. The van der Waals surface area contributed by atoms with Gasteiger partial charge in [0.2, 0.25) is 0 Å². The molecule has 0 amide bonds. The minimum Gasteiger partial charge on any atom is -0.497 e. The maximum absolute atomic E-state index is 5.28. The Hall–Kier alpha value is -1.87. The van der Waals surface area contributed by atoms with Crippen LogP contribution in [0.2, 0.25) is 0 Å². The lowest BCUT2D eigenvalue weighted by molar-refractivity contribution is 0.415. The van der Waals surface area contributed by atoms with E-state index in [0.717, 1.165) is 29.0 Å². The van der Waals surface area contributed by atoms with E-state index in [9.17, 15) is 0 Å². The minimum atomic E-state index is 0. The lowest BCUT2D eigenvalue weighted by Crippen LogP contribution is -2.36. The number of aliphatic imine (C=N–C) groups is 1. The molecular formula is C20H25IN4OS. The fourth-order valence-electron chi connectivity index (χ4n) is 2.82. The van der Waals surface area contributed by atoms with Crippen molar-refractivity contribution in [3.8, 4) is 5.75 Å². The molecule has 1 heterocycles. The number of aryl methyl sites for hydroxylation is 2. The summed E-state index contributed by atoms with van der Waals surface area (Å²) in [5.41, 5.74) is 2.29. The molecule has 0 spiro atoms. The molecule has 3 rings (SSSR count). The molecule has 1 aromatic heterocycles. The van der Waals surface area contributed by atoms with Gasteiger partial charge in [0.25, 0.3) is 0 Å². The molecule has 3 aromatic rings. The molecular weight excluding hydrogens is 471 g/mol. The second kappa shape index (κ2) is 9.89. The predicted octanol–water partition coefficient (Wildman–Crippen LogP) is 4.40. The van der Waals surface area contributed by atoms with Crippen molar-refractivity contribution in [2.24, 2.45) is 4.99 Å². The summed E-state index contributed by atoms with van der Waals surface area (Å²) in [6, 6.07) is 12.5. The zero-order valence-corrected chi connectivity index (χ0v) is 19.1. The molecule has 0 saturated heterocycles. The predicted molar refractivity (Wildman–Crippen MR) is 125 cm³/mol. The first kappa shape index (κ1) is 21.4. The van der Waals surface area contributed by atoms with Gasteiger partial charge >= 0.3 is 0 Å². The molecule has 7 heteroatoms. The summed E-state index contributed by atoms with van der Waals surface area (Å²) >= 11 is 1.72. The van der Waals surface area contributed by atoms with Crippen LogP contribution in [0.25, 0.3) is 10.8 Å². The van der Waals surface area contributed by atoms with Crippen molar-refractivity contribution in [1.29, 1.82) is 0 Å². The number of hydrogen-bond acceptors (Lipinski definition) is 4. The Bertz CT molecular complexity index is 939. The number of rotatable bonds is 5. The topological polar surface area (TPSA) is 58.5 Å². The van der Waals surface area contributed by atoms with Gasteiger partial charge in [-0.1, -0.05) is 18.2 Å². The van der Waals surface area contributed by atoms with Crippen molar-refractivity contribution in [3.05, 3.63) is 57.5 Å². The van der Waals surface area contributed by atoms with Crippen LogP contribution in [0.1, 0.15) is 21.1 Å². The van der Waals surface area contributed by atoms with Crippen LogP contribution >= 0.6 is 35.3 Å². The van der Waals surface area contributed by atoms with Gasteiger partial charge in [-0.05, 0) is 48.4 Å². The van der Waals surface area contributed by atoms with E-state index < -0.39 is 0 Å². The summed E-state index contributed by atoms with van der Waals surface area (Å²) in [5, 5.41) is 10.2.